The molecule has 0 heterocycles. The van der Waals surface area contributed by atoms with Crippen LogP contribution in [0.3, 0.4) is 0 Å². The van der Waals surface area contributed by atoms with Gasteiger partial charge in [-0.05, 0) is 48.4 Å². The molecular formula is C19H20ClF3N2O2S. The summed E-state index contributed by atoms with van der Waals surface area (Å²) in [5.41, 5.74) is -0.104. The second kappa shape index (κ2) is 8.96. The van der Waals surface area contributed by atoms with Crippen LogP contribution in [0.5, 0.6) is 0 Å². The molecule has 28 heavy (non-hydrogen) atoms. The molecule has 4 nitrogen and oxygen atoms in total. The topological polar surface area (TPSA) is 58.2 Å². The van der Waals surface area contributed by atoms with E-state index in [0.717, 1.165) is 12.1 Å². The van der Waals surface area contributed by atoms with Crippen LogP contribution in [0.25, 0.3) is 0 Å². The smallest absolute Gasteiger partial charge is 0.372 e. The van der Waals surface area contributed by atoms with E-state index in [9.17, 15) is 22.2 Å². The highest BCUT2D eigenvalue weighted by Gasteiger charge is 2.31. The third kappa shape index (κ3) is 5.72. The van der Waals surface area contributed by atoms with Crippen LogP contribution < -0.4 is 10.6 Å². The molecule has 2 rings (SSSR count). The lowest BCUT2D eigenvalue weighted by atomic mass is 10.0. The summed E-state index contributed by atoms with van der Waals surface area (Å²) in [7, 11) is -1.12. The van der Waals surface area contributed by atoms with Gasteiger partial charge in [-0.25, -0.2) is 0 Å². The van der Waals surface area contributed by atoms with Gasteiger partial charge in [0.25, 0.3) is 0 Å². The third-order valence-electron chi connectivity index (χ3n) is 4.01. The second-order valence-corrected chi connectivity index (χ2v) is 8.31. The molecule has 0 aliphatic carbocycles. The zero-order valence-electron chi connectivity index (χ0n) is 15.4. The average Bonchev–Trinajstić information content (AvgIpc) is 2.59. The number of halogens is 4. The first-order chi connectivity index (χ1) is 13.0. The quantitative estimate of drug-likeness (QED) is 0.662. The predicted molar refractivity (Wildman–Crippen MR) is 106 cm³/mol. The molecule has 0 radical (unpaired) electrons. The summed E-state index contributed by atoms with van der Waals surface area (Å²) in [6.07, 6.45) is -2.94. The number of carbonyl (C=O) groups is 1. The molecule has 0 aliphatic heterocycles. The van der Waals surface area contributed by atoms with Crippen LogP contribution in [0.15, 0.2) is 47.4 Å². The number of amides is 1. The molecular weight excluding hydrogens is 413 g/mol. The van der Waals surface area contributed by atoms with Gasteiger partial charge in [0.05, 0.1) is 16.3 Å². The fourth-order valence-electron chi connectivity index (χ4n) is 2.46. The molecule has 0 unspecified atom stereocenters. The first-order valence-corrected chi connectivity index (χ1v) is 10.3. The summed E-state index contributed by atoms with van der Waals surface area (Å²) < 4.78 is 49.8. The van der Waals surface area contributed by atoms with Crippen molar-refractivity contribution in [1.29, 1.82) is 0 Å². The molecule has 2 aromatic carbocycles. The Morgan fingerprint density at radius 2 is 1.71 bits per heavy atom. The van der Waals surface area contributed by atoms with E-state index < -0.39 is 28.6 Å². The van der Waals surface area contributed by atoms with Crippen LogP contribution in [-0.4, -0.2) is 22.4 Å². The summed E-state index contributed by atoms with van der Waals surface area (Å²) in [5, 5.41) is 5.53. The number of carbonyl (C=O) groups excluding carboxylic acids is 1. The van der Waals surface area contributed by atoms with Gasteiger partial charge in [0, 0.05) is 27.6 Å². The minimum Gasteiger partial charge on any atom is -0.372 e. The van der Waals surface area contributed by atoms with Crippen molar-refractivity contribution < 1.29 is 22.2 Å². The van der Waals surface area contributed by atoms with E-state index in [0.29, 0.717) is 10.6 Å². The lowest BCUT2D eigenvalue weighted by molar-refractivity contribution is -0.137. The van der Waals surface area contributed by atoms with Crippen molar-refractivity contribution in [2.24, 2.45) is 5.92 Å². The summed E-state index contributed by atoms with van der Waals surface area (Å²) >= 11 is 5.97. The lowest BCUT2D eigenvalue weighted by Gasteiger charge is -2.24. The molecule has 0 aliphatic rings. The Morgan fingerprint density at radius 3 is 2.18 bits per heavy atom. The van der Waals surface area contributed by atoms with Crippen molar-refractivity contribution in [1.82, 2.24) is 0 Å². The van der Waals surface area contributed by atoms with E-state index in [1.807, 2.05) is 0 Å². The fraction of sp³-hybridized carbons (Fsp3) is 0.316. The van der Waals surface area contributed by atoms with Crippen molar-refractivity contribution in [3.63, 3.8) is 0 Å². The maximum absolute atomic E-state index is 12.8. The molecule has 0 saturated carbocycles. The molecule has 2 atom stereocenters. The van der Waals surface area contributed by atoms with Crippen molar-refractivity contribution in [2.75, 3.05) is 16.9 Å². The van der Waals surface area contributed by atoms with E-state index in [4.69, 9.17) is 11.6 Å². The largest absolute Gasteiger partial charge is 0.416 e. The summed E-state index contributed by atoms with van der Waals surface area (Å²) in [6.45, 7) is 3.61. The number of hydrogen-bond donors (Lipinski definition) is 2. The van der Waals surface area contributed by atoms with Gasteiger partial charge in [0.15, 0.2) is 0 Å². The normalized spacial score (nSPS) is 13.9. The van der Waals surface area contributed by atoms with Crippen molar-refractivity contribution in [3.8, 4) is 0 Å². The van der Waals surface area contributed by atoms with Crippen LogP contribution in [0.4, 0.5) is 24.5 Å². The highest BCUT2D eigenvalue weighted by atomic mass is 35.5. The number of benzene rings is 2. The van der Waals surface area contributed by atoms with Crippen LogP contribution >= 0.6 is 11.6 Å². The first kappa shape index (κ1) is 22.2. The van der Waals surface area contributed by atoms with Gasteiger partial charge in [0.2, 0.25) is 5.91 Å². The zero-order chi connectivity index (χ0) is 21.1. The number of anilines is 2. The SMILES string of the molecule is CC(C)[C@H](Nc1ccc(C(F)(F)F)cc1Cl)C(=O)Nc1ccc([S@](C)=O)cc1. The van der Waals surface area contributed by atoms with Gasteiger partial charge in [-0.1, -0.05) is 25.4 Å². The molecule has 1 amide bonds. The van der Waals surface area contributed by atoms with E-state index in [-0.39, 0.29) is 22.5 Å². The summed E-state index contributed by atoms with van der Waals surface area (Å²) in [4.78, 5) is 13.3. The summed E-state index contributed by atoms with van der Waals surface area (Å²) in [5.74, 6) is -0.530. The van der Waals surface area contributed by atoms with Gasteiger partial charge in [-0.15, -0.1) is 0 Å². The highest BCUT2D eigenvalue weighted by Crippen LogP contribution is 2.34. The van der Waals surface area contributed by atoms with Gasteiger partial charge in [-0.3, -0.25) is 9.00 Å². The Labute approximate surface area is 168 Å². The second-order valence-electron chi connectivity index (χ2n) is 6.53. The Bertz CT molecular complexity index is 870. The molecule has 0 saturated heterocycles. The maximum Gasteiger partial charge on any atom is 0.416 e. The molecule has 152 valence electrons. The van der Waals surface area contributed by atoms with Crippen LogP contribution in [0.1, 0.15) is 19.4 Å². The number of nitrogens with one attached hydrogen (secondary N) is 2. The number of alkyl halides is 3. The average molecular weight is 433 g/mol. The van der Waals surface area contributed by atoms with Gasteiger partial charge >= 0.3 is 6.18 Å². The van der Waals surface area contributed by atoms with E-state index in [1.54, 1.807) is 44.4 Å². The standard InChI is InChI=1S/C19H20ClF3N2O2S/c1-11(2)17(18(26)24-13-5-7-14(8-6-13)28(3)27)25-16-9-4-12(10-15(16)20)19(21,22)23/h4-11,17,25H,1-3H3,(H,24,26)/t17-,28-/m0/s1. The third-order valence-corrected chi connectivity index (χ3v) is 5.26. The summed E-state index contributed by atoms with van der Waals surface area (Å²) in [6, 6.07) is 8.78. The Kier molecular flexibility index (Phi) is 7.11. The molecule has 0 fully saturated rings. The zero-order valence-corrected chi connectivity index (χ0v) is 17.0. The van der Waals surface area contributed by atoms with Gasteiger partial charge in [-0.2, -0.15) is 13.2 Å². The van der Waals surface area contributed by atoms with Crippen molar-refractivity contribution in [2.45, 2.75) is 31.0 Å². The number of hydrogen-bond acceptors (Lipinski definition) is 3. The van der Waals surface area contributed by atoms with E-state index in [2.05, 4.69) is 10.6 Å². The van der Waals surface area contributed by atoms with Gasteiger partial charge < -0.3 is 10.6 Å². The molecule has 0 spiro atoms. The minimum atomic E-state index is -4.49. The predicted octanol–water partition coefficient (Wildman–Crippen LogP) is 5.17. The maximum atomic E-state index is 12.8. The van der Waals surface area contributed by atoms with Crippen LogP contribution in [-0.2, 0) is 21.8 Å². The lowest BCUT2D eigenvalue weighted by Crippen LogP contribution is -2.39. The van der Waals surface area contributed by atoms with Crippen molar-refractivity contribution in [3.05, 3.63) is 53.1 Å². The highest BCUT2D eigenvalue weighted by molar-refractivity contribution is 7.84. The minimum absolute atomic E-state index is 0.122. The Morgan fingerprint density at radius 1 is 1.11 bits per heavy atom. The van der Waals surface area contributed by atoms with E-state index >= 15 is 0 Å². The molecule has 2 aromatic rings. The van der Waals surface area contributed by atoms with Crippen LogP contribution in [0, 0.1) is 5.92 Å². The van der Waals surface area contributed by atoms with Gasteiger partial charge in [0.1, 0.15) is 6.04 Å². The van der Waals surface area contributed by atoms with Crippen molar-refractivity contribution >= 4 is 39.7 Å². The molecule has 0 aromatic heterocycles. The molecule has 0 bridgehead atoms. The monoisotopic (exact) mass is 432 g/mol. The Balaban J connectivity index is 2.16. The fourth-order valence-corrected chi connectivity index (χ4v) is 3.22. The molecule has 2 N–H and O–H groups in total. The molecule has 9 heteroatoms. The van der Waals surface area contributed by atoms with Crippen LogP contribution in [0.2, 0.25) is 5.02 Å². The van der Waals surface area contributed by atoms with E-state index in [1.165, 1.54) is 6.07 Å². The number of rotatable bonds is 6. The Hall–Kier alpha value is -2.06. The first-order valence-electron chi connectivity index (χ1n) is 8.36.